The number of aliphatic hydroxyl groups excluding tert-OH is 1. The zero-order valence-electron chi connectivity index (χ0n) is 25.5. The first kappa shape index (κ1) is 32.2. The highest BCUT2D eigenvalue weighted by molar-refractivity contribution is 7.52. The van der Waals surface area contributed by atoms with Crippen LogP contribution >= 0.6 is 7.75 Å². The molecule has 2 fully saturated rings. The Bertz CT molecular complexity index is 1640. The summed E-state index contributed by atoms with van der Waals surface area (Å²) in [6.45, 7) is 1.90. The molecule has 18 heteroatoms. The average Bonchev–Trinajstić information content (AvgIpc) is 3.73. The van der Waals surface area contributed by atoms with Gasteiger partial charge < -0.3 is 39.0 Å². The number of ether oxygens (including phenoxy) is 5. The van der Waals surface area contributed by atoms with Gasteiger partial charge in [0.05, 0.1) is 20.0 Å². The molecule has 1 aliphatic carbocycles. The molecule has 6 atom stereocenters. The van der Waals surface area contributed by atoms with E-state index < -0.39 is 50.5 Å². The molecule has 0 spiro atoms. The molecule has 0 amide bonds. The van der Waals surface area contributed by atoms with Gasteiger partial charge in [-0.15, -0.1) is 0 Å². The highest BCUT2D eigenvalue weighted by Gasteiger charge is 2.56. The number of benzene rings is 1. The molecule has 1 aromatic carbocycles. The molecule has 0 radical (unpaired) electrons. The third kappa shape index (κ3) is 6.29. The first-order valence-electron chi connectivity index (χ1n) is 14.9. The van der Waals surface area contributed by atoms with E-state index in [1.807, 2.05) is 0 Å². The van der Waals surface area contributed by atoms with Crippen molar-refractivity contribution in [1.29, 1.82) is 0 Å². The van der Waals surface area contributed by atoms with Crippen LogP contribution in [-0.2, 0) is 23.4 Å². The molecule has 1 saturated heterocycles. The summed E-state index contributed by atoms with van der Waals surface area (Å²) in [5.74, 6) is -0.171. The summed E-state index contributed by atoms with van der Waals surface area (Å²) in [6, 6.07) is 3.58. The zero-order valence-corrected chi connectivity index (χ0v) is 26.4. The lowest BCUT2D eigenvalue weighted by Crippen LogP contribution is -2.41. The Morgan fingerprint density at radius 3 is 2.83 bits per heavy atom. The van der Waals surface area contributed by atoms with Crippen molar-refractivity contribution in [3.63, 3.8) is 0 Å². The number of esters is 1. The summed E-state index contributed by atoms with van der Waals surface area (Å²) in [4.78, 5) is 25.3. The lowest BCUT2D eigenvalue weighted by Gasteiger charge is -2.27. The van der Waals surface area contributed by atoms with Gasteiger partial charge in [0.2, 0.25) is 24.4 Å². The minimum absolute atomic E-state index is 0.0101. The van der Waals surface area contributed by atoms with Gasteiger partial charge in [-0.1, -0.05) is 12.5 Å². The van der Waals surface area contributed by atoms with Gasteiger partial charge in [-0.2, -0.15) is 15.1 Å². The fourth-order valence-corrected chi connectivity index (χ4v) is 7.18. The highest BCUT2D eigenvalue weighted by atomic mass is 31.2. The lowest BCUT2D eigenvalue weighted by molar-refractivity contribution is -0.152. The highest BCUT2D eigenvalue weighted by Crippen LogP contribution is 2.52. The number of para-hydroxylation sites is 1. The second kappa shape index (κ2) is 12.8. The number of nitrogens with one attached hydrogen (secondary N) is 1. The number of nitrogen functional groups attached to an aromatic ring is 1. The molecule has 4 N–H and O–H groups in total. The maximum absolute atomic E-state index is 16.2. The molecule has 3 aromatic rings. The molecule has 46 heavy (non-hydrogen) atoms. The van der Waals surface area contributed by atoms with Crippen LogP contribution in [0.15, 0.2) is 24.5 Å². The Labute approximate surface area is 263 Å². The molecule has 0 bridgehead atoms. The Kier molecular flexibility index (Phi) is 8.95. The van der Waals surface area contributed by atoms with Crippen molar-refractivity contribution >= 4 is 30.8 Å². The van der Waals surface area contributed by atoms with Crippen molar-refractivity contribution < 1.29 is 51.6 Å². The van der Waals surface area contributed by atoms with Gasteiger partial charge in [-0.3, -0.25) is 13.9 Å². The standard InChI is InChI=1S/C28H36FN6O10P/c1-15(25(37)43-16-8-5-4-6-9-16)34-46(38,45-18-11-7-10-17-21(18)41-14-40-17)42-12-19-22(36)28(2,29)26(44-19)35-13-31-20-23(35)32-27(30)33-24(20)39-3/h7,10-11,13,15-16,19,22,26,36H,4-6,8-9,12,14H2,1-3H3,(H,34,38)(H2,30,32,33)/t15-,19+,22+,26+,28+,46-/m0/s1. The van der Waals surface area contributed by atoms with Crippen molar-refractivity contribution in [2.24, 2.45) is 0 Å². The van der Waals surface area contributed by atoms with Crippen LogP contribution in [0.4, 0.5) is 10.3 Å². The first-order valence-corrected chi connectivity index (χ1v) is 16.4. The predicted molar refractivity (Wildman–Crippen MR) is 158 cm³/mol. The molecule has 1 saturated carbocycles. The van der Waals surface area contributed by atoms with Gasteiger partial charge in [0.25, 0.3) is 0 Å². The number of aliphatic hydroxyl groups is 1. The monoisotopic (exact) mass is 666 g/mol. The number of nitrogens with two attached hydrogens (primary N) is 1. The SMILES string of the molecule is COc1nc(N)nc2c1ncn2[C@@H]1O[C@H](CO[P@@](=O)(N[C@@H](C)C(=O)OC2CCCCC2)Oc2cccc3c2OCO3)[C@@H](O)[C@@]1(C)F. The van der Waals surface area contributed by atoms with Crippen LogP contribution in [0.5, 0.6) is 23.1 Å². The normalized spacial score (nSPS) is 26.5. The minimum atomic E-state index is -4.47. The summed E-state index contributed by atoms with van der Waals surface area (Å²) in [6.07, 6.45) is 0.900. The van der Waals surface area contributed by atoms with Crippen LogP contribution in [0.25, 0.3) is 11.2 Å². The van der Waals surface area contributed by atoms with Gasteiger partial charge in [0.15, 0.2) is 34.6 Å². The van der Waals surface area contributed by atoms with E-state index in [9.17, 15) is 14.5 Å². The molecule has 4 heterocycles. The van der Waals surface area contributed by atoms with Crippen LogP contribution in [0.3, 0.4) is 0 Å². The number of halogens is 1. The van der Waals surface area contributed by atoms with E-state index in [1.54, 1.807) is 12.1 Å². The maximum Gasteiger partial charge on any atom is 0.459 e. The molecule has 0 unspecified atom stereocenters. The topological polar surface area (TPSA) is 201 Å². The van der Waals surface area contributed by atoms with E-state index in [0.29, 0.717) is 5.75 Å². The molecule has 6 rings (SSSR count). The van der Waals surface area contributed by atoms with Gasteiger partial charge >= 0.3 is 13.7 Å². The van der Waals surface area contributed by atoms with Crippen LogP contribution in [0.2, 0.25) is 0 Å². The van der Waals surface area contributed by atoms with E-state index in [2.05, 4.69) is 20.0 Å². The number of carbonyl (C=O) groups excluding carboxylic acids is 1. The van der Waals surface area contributed by atoms with Gasteiger partial charge in [0, 0.05) is 0 Å². The van der Waals surface area contributed by atoms with Crippen molar-refractivity contribution in [1.82, 2.24) is 24.6 Å². The number of hydrogen-bond donors (Lipinski definition) is 3. The fraction of sp³-hybridized carbons (Fsp3) is 0.571. The Morgan fingerprint density at radius 2 is 2.07 bits per heavy atom. The maximum atomic E-state index is 16.2. The van der Waals surface area contributed by atoms with Crippen molar-refractivity contribution in [2.75, 3.05) is 26.2 Å². The lowest BCUT2D eigenvalue weighted by atomic mass is 9.98. The number of hydrogen-bond acceptors (Lipinski definition) is 14. The summed E-state index contributed by atoms with van der Waals surface area (Å²) in [5, 5.41) is 13.6. The number of anilines is 1. The van der Waals surface area contributed by atoms with E-state index >= 15 is 4.39 Å². The molecule has 250 valence electrons. The third-order valence-electron chi connectivity index (χ3n) is 8.10. The number of carbonyl (C=O) groups is 1. The van der Waals surface area contributed by atoms with Gasteiger partial charge in [-0.05, 0) is 51.7 Å². The summed E-state index contributed by atoms with van der Waals surface area (Å²) < 4.78 is 70.8. The number of imidazole rings is 1. The van der Waals surface area contributed by atoms with E-state index in [0.717, 1.165) is 39.0 Å². The molecular formula is C28H36FN6O10P. The Morgan fingerprint density at radius 1 is 1.28 bits per heavy atom. The summed E-state index contributed by atoms with van der Waals surface area (Å²) >= 11 is 0. The largest absolute Gasteiger partial charge is 0.479 e. The molecule has 2 aromatic heterocycles. The number of alkyl halides is 1. The second-order valence-corrected chi connectivity index (χ2v) is 13.2. The summed E-state index contributed by atoms with van der Waals surface area (Å²) in [7, 11) is -3.09. The van der Waals surface area contributed by atoms with Gasteiger partial charge in [-0.25, -0.2) is 13.9 Å². The summed E-state index contributed by atoms with van der Waals surface area (Å²) in [5.41, 5.74) is 3.70. The fourth-order valence-electron chi connectivity index (χ4n) is 5.68. The Balaban J connectivity index is 1.22. The first-order chi connectivity index (χ1) is 22.0. The predicted octanol–water partition coefficient (Wildman–Crippen LogP) is 3.19. The van der Waals surface area contributed by atoms with Crippen molar-refractivity contribution in [3.05, 3.63) is 24.5 Å². The number of nitrogens with zero attached hydrogens (tertiary/aromatic N) is 4. The average molecular weight is 667 g/mol. The zero-order chi connectivity index (χ0) is 32.6. The quantitative estimate of drug-likeness (QED) is 0.199. The van der Waals surface area contributed by atoms with Crippen LogP contribution in [0, 0.1) is 0 Å². The minimum Gasteiger partial charge on any atom is -0.479 e. The third-order valence-corrected chi connectivity index (χ3v) is 9.73. The van der Waals surface area contributed by atoms with Gasteiger partial charge in [0.1, 0.15) is 24.4 Å². The number of methoxy groups -OCH3 is 1. The smallest absolute Gasteiger partial charge is 0.459 e. The molecule has 2 aliphatic heterocycles. The number of rotatable bonds is 11. The van der Waals surface area contributed by atoms with E-state index in [-0.39, 0.29) is 47.4 Å². The number of fused-ring (bicyclic) bond motifs is 2. The second-order valence-electron chi connectivity index (χ2n) is 11.5. The van der Waals surface area contributed by atoms with Crippen molar-refractivity contribution in [2.45, 2.75) is 82.2 Å². The molecule has 3 aliphatic rings. The van der Waals surface area contributed by atoms with Crippen LogP contribution in [-0.4, -0.2) is 81.1 Å². The van der Waals surface area contributed by atoms with Crippen LogP contribution < -0.4 is 29.6 Å². The molecular weight excluding hydrogens is 630 g/mol. The van der Waals surface area contributed by atoms with Crippen molar-refractivity contribution in [3.8, 4) is 23.1 Å². The number of aromatic nitrogens is 4. The van der Waals surface area contributed by atoms with Crippen LogP contribution in [0.1, 0.15) is 52.2 Å². The van der Waals surface area contributed by atoms with E-state index in [1.165, 1.54) is 31.0 Å². The Hall–Kier alpha value is -3.76. The van der Waals surface area contributed by atoms with E-state index in [4.69, 9.17) is 38.5 Å². The molecule has 16 nitrogen and oxygen atoms in total.